The molecule has 0 unspecified atom stereocenters. The SMILES string of the molecule is CCOC(=O)Cc1cccc(-c2nc(-c3onc(C)c3N(C(=O)OCC)c3ccccc3F)cs2)c1. The van der Waals surface area contributed by atoms with Crippen molar-refractivity contribution >= 4 is 34.8 Å². The van der Waals surface area contributed by atoms with E-state index < -0.39 is 11.9 Å². The number of carbonyl (C=O) groups excluding carboxylic acids is 2. The van der Waals surface area contributed by atoms with E-state index in [-0.39, 0.29) is 36.1 Å². The summed E-state index contributed by atoms with van der Waals surface area (Å²) in [5, 5.41) is 6.46. The molecule has 0 bridgehead atoms. The maximum Gasteiger partial charge on any atom is 0.419 e. The minimum Gasteiger partial charge on any atom is -0.466 e. The van der Waals surface area contributed by atoms with Gasteiger partial charge >= 0.3 is 12.1 Å². The lowest BCUT2D eigenvalue weighted by Crippen LogP contribution is -2.28. The fourth-order valence-electron chi connectivity index (χ4n) is 3.63. The standard InChI is InChI=1S/C26H24FN3O5S/c1-4-33-22(31)14-17-9-8-10-18(13-17)25-28-20(15-36-25)24-23(16(3)29-35-24)30(26(32)34-5-2)21-12-7-6-11-19(21)27/h6-13,15H,4-5,14H2,1-3H3. The van der Waals surface area contributed by atoms with Gasteiger partial charge in [0.05, 0.1) is 25.3 Å². The molecule has 0 aliphatic carbocycles. The zero-order valence-electron chi connectivity index (χ0n) is 20.0. The number of para-hydroxylation sites is 1. The van der Waals surface area contributed by atoms with E-state index in [1.165, 1.54) is 29.5 Å². The van der Waals surface area contributed by atoms with Crippen LogP contribution in [0.15, 0.2) is 58.4 Å². The Morgan fingerprint density at radius 2 is 1.86 bits per heavy atom. The van der Waals surface area contributed by atoms with Crippen LogP contribution >= 0.6 is 11.3 Å². The van der Waals surface area contributed by atoms with E-state index >= 15 is 0 Å². The number of aromatic nitrogens is 2. The maximum atomic E-state index is 14.8. The lowest BCUT2D eigenvalue weighted by atomic mass is 10.1. The van der Waals surface area contributed by atoms with Gasteiger partial charge in [0.15, 0.2) is 0 Å². The number of amides is 1. The number of carbonyl (C=O) groups is 2. The van der Waals surface area contributed by atoms with Gasteiger partial charge in [-0.2, -0.15) is 0 Å². The van der Waals surface area contributed by atoms with Gasteiger partial charge in [-0.1, -0.05) is 35.5 Å². The van der Waals surface area contributed by atoms with Crippen molar-refractivity contribution in [3.05, 3.63) is 71.0 Å². The quantitative estimate of drug-likeness (QED) is 0.257. The van der Waals surface area contributed by atoms with Gasteiger partial charge in [-0.15, -0.1) is 11.3 Å². The molecule has 0 N–H and O–H groups in total. The highest BCUT2D eigenvalue weighted by atomic mass is 32.1. The van der Waals surface area contributed by atoms with E-state index in [2.05, 4.69) is 10.1 Å². The second kappa shape index (κ2) is 11.1. The van der Waals surface area contributed by atoms with Crippen LogP contribution in [0.2, 0.25) is 0 Å². The van der Waals surface area contributed by atoms with Crippen LogP contribution in [0, 0.1) is 12.7 Å². The molecular formula is C26H24FN3O5S. The number of benzene rings is 2. The number of thiazole rings is 1. The fourth-order valence-corrected chi connectivity index (χ4v) is 4.43. The highest BCUT2D eigenvalue weighted by Crippen LogP contribution is 2.40. The molecule has 0 atom stereocenters. The predicted molar refractivity (Wildman–Crippen MR) is 134 cm³/mol. The second-order valence-electron chi connectivity index (χ2n) is 7.65. The van der Waals surface area contributed by atoms with Crippen LogP contribution in [0.25, 0.3) is 22.0 Å². The molecular weight excluding hydrogens is 485 g/mol. The molecule has 0 aliphatic heterocycles. The molecule has 4 rings (SSSR count). The number of rotatable bonds is 8. The summed E-state index contributed by atoms with van der Waals surface area (Å²) in [6.45, 7) is 5.51. The molecule has 8 nitrogen and oxygen atoms in total. The minimum absolute atomic E-state index is 0.00520. The van der Waals surface area contributed by atoms with E-state index in [9.17, 15) is 14.0 Å². The van der Waals surface area contributed by atoms with Crippen LogP contribution in [-0.2, 0) is 20.7 Å². The van der Waals surface area contributed by atoms with Crippen molar-refractivity contribution in [2.24, 2.45) is 0 Å². The van der Waals surface area contributed by atoms with E-state index in [1.54, 1.807) is 32.2 Å². The Kier molecular flexibility index (Phi) is 7.74. The van der Waals surface area contributed by atoms with Crippen LogP contribution in [-0.4, -0.2) is 35.4 Å². The molecule has 0 saturated carbocycles. The summed E-state index contributed by atoms with van der Waals surface area (Å²) in [5.41, 5.74) is 2.64. The summed E-state index contributed by atoms with van der Waals surface area (Å²) >= 11 is 1.36. The average Bonchev–Trinajstić information content (AvgIpc) is 3.48. The number of nitrogens with zero attached hydrogens (tertiary/aromatic N) is 3. The summed E-state index contributed by atoms with van der Waals surface area (Å²) in [5.74, 6) is -0.702. The highest BCUT2D eigenvalue weighted by Gasteiger charge is 2.31. The lowest BCUT2D eigenvalue weighted by Gasteiger charge is -2.22. The first kappa shape index (κ1) is 25.1. The number of hydrogen-bond donors (Lipinski definition) is 0. The third kappa shape index (κ3) is 5.28. The molecule has 2 aromatic heterocycles. The lowest BCUT2D eigenvalue weighted by molar-refractivity contribution is -0.142. The van der Waals surface area contributed by atoms with Crippen molar-refractivity contribution in [3.8, 4) is 22.0 Å². The van der Waals surface area contributed by atoms with E-state index in [0.717, 1.165) is 16.0 Å². The first-order chi connectivity index (χ1) is 17.4. The van der Waals surface area contributed by atoms with Gasteiger partial charge < -0.3 is 14.0 Å². The van der Waals surface area contributed by atoms with Gasteiger partial charge in [0.2, 0.25) is 5.76 Å². The van der Waals surface area contributed by atoms with Crippen molar-refractivity contribution in [3.63, 3.8) is 0 Å². The largest absolute Gasteiger partial charge is 0.466 e. The Bertz CT molecular complexity index is 1380. The van der Waals surface area contributed by atoms with Crippen molar-refractivity contribution in [2.45, 2.75) is 27.2 Å². The Morgan fingerprint density at radius 3 is 2.61 bits per heavy atom. The number of anilines is 2. The Morgan fingerprint density at radius 1 is 1.08 bits per heavy atom. The van der Waals surface area contributed by atoms with Crippen LogP contribution in [0.1, 0.15) is 25.1 Å². The van der Waals surface area contributed by atoms with E-state index in [0.29, 0.717) is 23.0 Å². The highest BCUT2D eigenvalue weighted by molar-refractivity contribution is 7.13. The van der Waals surface area contributed by atoms with Crippen molar-refractivity contribution < 1.29 is 28.0 Å². The Hall–Kier alpha value is -4.05. The number of esters is 1. The fraction of sp³-hybridized carbons (Fsp3) is 0.231. The molecule has 0 aliphatic rings. The zero-order chi connectivity index (χ0) is 25.7. The molecule has 10 heteroatoms. The summed E-state index contributed by atoms with van der Waals surface area (Å²) in [6, 6.07) is 13.3. The van der Waals surface area contributed by atoms with Crippen molar-refractivity contribution in [1.82, 2.24) is 10.1 Å². The first-order valence-electron chi connectivity index (χ1n) is 11.3. The second-order valence-corrected chi connectivity index (χ2v) is 8.51. The molecule has 36 heavy (non-hydrogen) atoms. The third-order valence-electron chi connectivity index (χ3n) is 5.16. The van der Waals surface area contributed by atoms with Crippen LogP contribution in [0.3, 0.4) is 0 Å². The van der Waals surface area contributed by atoms with Crippen molar-refractivity contribution in [1.29, 1.82) is 0 Å². The van der Waals surface area contributed by atoms with Gasteiger partial charge in [-0.25, -0.2) is 19.1 Å². The van der Waals surface area contributed by atoms with Gasteiger partial charge in [-0.05, 0) is 44.5 Å². The Balaban J connectivity index is 1.72. The molecule has 0 radical (unpaired) electrons. The first-order valence-corrected chi connectivity index (χ1v) is 12.2. The monoisotopic (exact) mass is 509 g/mol. The number of aryl methyl sites for hydroxylation is 1. The third-order valence-corrected chi connectivity index (χ3v) is 6.05. The Labute approximate surface area is 211 Å². The van der Waals surface area contributed by atoms with Crippen LogP contribution < -0.4 is 4.90 Å². The average molecular weight is 510 g/mol. The van der Waals surface area contributed by atoms with Gasteiger partial charge in [0, 0.05) is 10.9 Å². The van der Waals surface area contributed by atoms with Crippen LogP contribution in [0.5, 0.6) is 0 Å². The molecule has 0 fully saturated rings. The van der Waals surface area contributed by atoms with Crippen molar-refractivity contribution in [2.75, 3.05) is 18.1 Å². The normalized spacial score (nSPS) is 10.8. The summed E-state index contributed by atoms with van der Waals surface area (Å²) < 4.78 is 30.6. The maximum absolute atomic E-state index is 14.8. The van der Waals surface area contributed by atoms with E-state index in [1.807, 2.05) is 24.3 Å². The van der Waals surface area contributed by atoms with Gasteiger partial charge in [-0.3, -0.25) is 4.79 Å². The number of halogens is 1. The predicted octanol–water partition coefficient (Wildman–Crippen LogP) is 6.31. The summed E-state index contributed by atoms with van der Waals surface area (Å²) in [7, 11) is 0. The molecule has 2 aromatic carbocycles. The molecule has 0 spiro atoms. The summed E-state index contributed by atoms with van der Waals surface area (Å²) in [6.07, 6.45) is -0.611. The smallest absolute Gasteiger partial charge is 0.419 e. The zero-order valence-corrected chi connectivity index (χ0v) is 20.8. The molecule has 0 saturated heterocycles. The topological polar surface area (TPSA) is 94.8 Å². The molecule has 1 amide bonds. The number of hydrogen-bond acceptors (Lipinski definition) is 8. The minimum atomic E-state index is -0.766. The van der Waals surface area contributed by atoms with Crippen LogP contribution in [0.4, 0.5) is 20.6 Å². The number of ether oxygens (including phenoxy) is 2. The van der Waals surface area contributed by atoms with E-state index in [4.69, 9.17) is 14.0 Å². The van der Waals surface area contributed by atoms with Gasteiger partial charge in [0.25, 0.3) is 0 Å². The molecule has 186 valence electrons. The molecule has 2 heterocycles. The van der Waals surface area contributed by atoms with Gasteiger partial charge in [0.1, 0.15) is 27.9 Å². The summed E-state index contributed by atoms with van der Waals surface area (Å²) in [4.78, 5) is 30.6. The molecule has 4 aromatic rings.